The van der Waals surface area contributed by atoms with E-state index in [0.717, 1.165) is 22.1 Å². The summed E-state index contributed by atoms with van der Waals surface area (Å²) in [6.07, 6.45) is 0.0683. The molecular weight excluding hydrogens is 338 g/mol. The number of ether oxygens (including phenoxy) is 2. The van der Waals surface area contributed by atoms with Gasteiger partial charge in [0.1, 0.15) is 11.5 Å². The molecule has 0 bridgehead atoms. The number of hydrogen-bond donors (Lipinski definition) is 1. The van der Waals surface area contributed by atoms with Gasteiger partial charge in [-0.15, -0.1) is 0 Å². The molecule has 4 heteroatoms. The van der Waals surface area contributed by atoms with Crippen molar-refractivity contribution in [3.63, 3.8) is 0 Å². The van der Waals surface area contributed by atoms with Crippen LogP contribution in [0.1, 0.15) is 25.8 Å². The minimum atomic E-state index is -0.527. The van der Waals surface area contributed by atoms with Gasteiger partial charge in [0.25, 0.3) is 5.91 Å². The van der Waals surface area contributed by atoms with Crippen LogP contribution < -0.4 is 14.8 Å². The van der Waals surface area contributed by atoms with Gasteiger partial charge in [-0.2, -0.15) is 0 Å². The van der Waals surface area contributed by atoms with Gasteiger partial charge >= 0.3 is 0 Å². The van der Waals surface area contributed by atoms with Gasteiger partial charge in [-0.25, -0.2) is 0 Å². The number of benzene rings is 3. The summed E-state index contributed by atoms with van der Waals surface area (Å²) < 4.78 is 11.4. The summed E-state index contributed by atoms with van der Waals surface area (Å²) >= 11 is 0. The molecule has 1 amide bonds. The Morgan fingerprint density at radius 1 is 0.926 bits per heavy atom. The molecule has 3 aromatic rings. The normalized spacial score (nSPS) is 11.8. The van der Waals surface area contributed by atoms with E-state index in [1.54, 1.807) is 0 Å². The number of rotatable bonds is 8. The average Bonchev–Trinajstić information content (AvgIpc) is 2.70. The third-order valence-corrected chi connectivity index (χ3v) is 4.34. The molecule has 1 atom stereocenters. The lowest BCUT2D eigenvalue weighted by Gasteiger charge is -2.18. The van der Waals surface area contributed by atoms with Gasteiger partial charge in [-0.3, -0.25) is 4.79 Å². The second-order valence-corrected chi connectivity index (χ2v) is 6.32. The van der Waals surface area contributed by atoms with Crippen LogP contribution in [-0.4, -0.2) is 18.6 Å². The van der Waals surface area contributed by atoms with Crippen LogP contribution in [0.3, 0.4) is 0 Å². The van der Waals surface area contributed by atoms with E-state index in [9.17, 15) is 4.79 Å². The summed E-state index contributed by atoms with van der Waals surface area (Å²) in [4.78, 5) is 12.6. The van der Waals surface area contributed by atoms with E-state index in [2.05, 4.69) is 11.4 Å². The fourth-order valence-corrected chi connectivity index (χ4v) is 2.94. The van der Waals surface area contributed by atoms with Crippen LogP contribution >= 0.6 is 0 Å². The third-order valence-electron chi connectivity index (χ3n) is 4.34. The second-order valence-electron chi connectivity index (χ2n) is 6.32. The summed E-state index contributed by atoms with van der Waals surface area (Å²) in [7, 11) is 0. The Hall–Kier alpha value is -3.01. The number of nitrogens with one attached hydrogen (secondary N) is 1. The lowest BCUT2D eigenvalue weighted by Crippen LogP contribution is -2.37. The molecule has 0 unspecified atom stereocenters. The molecule has 0 aromatic heterocycles. The van der Waals surface area contributed by atoms with Gasteiger partial charge in [0.05, 0.1) is 6.61 Å². The van der Waals surface area contributed by atoms with Gasteiger partial charge in [-0.05, 0) is 53.9 Å². The summed E-state index contributed by atoms with van der Waals surface area (Å²) in [6.45, 7) is 4.95. The molecular formula is C23H25NO3. The first-order valence-corrected chi connectivity index (χ1v) is 9.34. The minimum absolute atomic E-state index is 0.118. The zero-order valence-electron chi connectivity index (χ0n) is 15.8. The molecule has 0 spiro atoms. The summed E-state index contributed by atoms with van der Waals surface area (Å²) in [5.41, 5.74) is 0.995. The molecule has 0 aliphatic carbocycles. The highest BCUT2D eigenvalue weighted by Crippen LogP contribution is 2.22. The quantitative estimate of drug-likeness (QED) is 0.630. The fraction of sp³-hybridized carbons (Fsp3) is 0.261. The first-order chi connectivity index (χ1) is 13.2. The maximum absolute atomic E-state index is 12.6. The smallest absolute Gasteiger partial charge is 0.261 e. The third kappa shape index (κ3) is 5.00. The molecule has 1 N–H and O–H groups in total. The van der Waals surface area contributed by atoms with Crippen molar-refractivity contribution in [3.05, 3.63) is 72.3 Å². The minimum Gasteiger partial charge on any atom is -0.494 e. The van der Waals surface area contributed by atoms with Crippen molar-refractivity contribution in [2.75, 3.05) is 6.61 Å². The monoisotopic (exact) mass is 363 g/mol. The highest BCUT2D eigenvalue weighted by atomic mass is 16.5. The van der Waals surface area contributed by atoms with Crippen molar-refractivity contribution in [3.8, 4) is 11.5 Å². The van der Waals surface area contributed by atoms with Crippen LogP contribution in [0.5, 0.6) is 11.5 Å². The van der Waals surface area contributed by atoms with Crippen molar-refractivity contribution in [1.29, 1.82) is 0 Å². The van der Waals surface area contributed by atoms with Gasteiger partial charge in [0.15, 0.2) is 6.10 Å². The molecule has 0 aliphatic rings. The Labute approximate surface area is 160 Å². The Balaban J connectivity index is 1.62. The standard InChI is InChI=1S/C23H25NO3/c1-3-22(27-21-13-12-18-9-5-6-10-19(18)15-21)23(25)24-16-17-8-7-11-20(14-17)26-4-2/h5-15,22H,3-4,16H2,1-2H3,(H,24,25)/t22-/m0/s1. The van der Waals surface area contributed by atoms with E-state index in [1.165, 1.54) is 0 Å². The summed E-state index contributed by atoms with van der Waals surface area (Å²) in [5, 5.41) is 5.20. The zero-order chi connectivity index (χ0) is 19.1. The molecule has 0 aliphatic heterocycles. The first kappa shape index (κ1) is 18.8. The lowest BCUT2D eigenvalue weighted by atomic mass is 10.1. The fourth-order valence-electron chi connectivity index (χ4n) is 2.94. The Morgan fingerprint density at radius 3 is 2.52 bits per heavy atom. The van der Waals surface area contributed by atoms with Crippen LogP contribution in [0.25, 0.3) is 10.8 Å². The average molecular weight is 363 g/mol. The van der Waals surface area contributed by atoms with Crippen LogP contribution in [0.4, 0.5) is 0 Å². The second kappa shape index (κ2) is 9.08. The molecule has 140 valence electrons. The predicted octanol–water partition coefficient (Wildman–Crippen LogP) is 4.71. The number of amides is 1. The first-order valence-electron chi connectivity index (χ1n) is 9.34. The molecule has 0 heterocycles. The number of carbonyl (C=O) groups excluding carboxylic acids is 1. The van der Waals surface area contributed by atoms with E-state index in [4.69, 9.17) is 9.47 Å². The van der Waals surface area contributed by atoms with Crippen LogP contribution in [-0.2, 0) is 11.3 Å². The number of hydrogen-bond acceptors (Lipinski definition) is 3. The van der Waals surface area contributed by atoms with Crippen molar-refractivity contribution < 1.29 is 14.3 Å². The van der Waals surface area contributed by atoms with Gasteiger partial charge < -0.3 is 14.8 Å². The largest absolute Gasteiger partial charge is 0.494 e. The van der Waals surface area contributed by atoms with Crippen molar-refractivity contribution >= 4 is 16.7 Å². The lowest BCUT2D eigenvalue weighted by molar-refractivity contribution is -0.128. The SMILES string of the molecule is CCOc1cccc(CNC(=O)[C@H](CC)Oc2ccc3ccccc3c2)c1. The molecule has 0 radical (unpaired) electrons. The van der Waals surface area contributed by atoms with Crippen LogP contribution in [0, 0.1) is 0 Å². The summed E-state index contributed by atoms with van der Waals surface area (Å²) in [5.74, 6) is 1.39. The molecule has 0 saturated carbocycles. The van der Waals surface area contributed by atoms with E-state index >= 15 is 0 Å². The van der Waals surface area contributed by atoms with E-state index in [0.29, 0.717) is 25.3 Å². The zero-order valence-corrected chi connectivity index (χ0v) is 15.8. The number of fused-ring (bicyclic) bond motifs is 1. The Kier molecular flexibility index (Phi) is 6.31. The van der Waals surface area contributed by atoms with Crippen molar-refractivity contribution in [1.82, 2.24) is 5.32 Å². The molecule has 4 nitrogen and oxygen atoms in total. The van der Waals surface area contributed by atoms with Crippen molar-refractivity contribution in [2.45, 2.75) is 32.9 Å². The van der Waals surface area contributed by atoms with Gasteiger partial charge in [0.2, 0.25) is 0 Å². The van der Waals surface area contributed by atoms with E-state index < -0.39 is 6.10 Å². The molecule has 3 aromatic carbocycles. The summed E-state index contributed by atoms with van der Waals surface area (Å²) in [6, 6.07) is 21.7. The Morgan fingerprint density at radius 2 is 1.74 bits per heavy atom. The van der Waals surface area contributed by atoms with E-state index in [1.807, 2.05) is 74.5 Å². The molecule has 0 fully saturated rings. The molecule has 27 heavy (non-hydrogen) atoms. The van der Waals surface area contributed by atoms with Crippen molar-refractivity contribution in [2.24, 2.45) is 0 Å². The maximum atomic E-state index is 12.6. The molecule has 3 rings (SSSR count). The predicted molar refractivity (Wildman–Crippen MR) is 108 cm³/mol. The van der Waals surface area contributed by atoms with Gasteiger partial charge in [-0.1, -0.05) is 49.4 Å². The highest BCUT2D eigenvalue weighted by molar-refractivity contribution is 5.84. The van der Waals surface area contributed by atoms with Crippen LogP contribution in [0.15, 0.2) is 66.7 Å². The Bertz CT molecular complexity index is 907. The van der Waals surface area contributed by atoms with E-state index in [-0.39, 0.29) is 5.91 Å². The number of carbonyl (C=O) groups is 1. The molecule has 0 saturated heterocycles. The topological polar surface area (TPSA) is 47.6 Å². The maximum Gasteiger partial charge on any atom is 0.261 e. The van der Waals surface area contributed by atoms with Crippen LogP contribution in [0.2, 0.25) is 0 Å². The highest BCUT2D eigenvalue weighted by Gasteiger charge is 2.18. The van der Waals surface area contributed by atoms with Gasteiger partial charge in [0, 0.05) is 6.54 Å².